The Kier molecular flexibility index (Phi) is 3.70. The topological polar surface area (TPSA) is 40.5 Å². The Morgan fingerprint density at radius 1 is 0.600 bits per heavy atom. The van der Waals surface area contributed by atoms with E-state index in [1.165, 1.54) is 0 Å². The molecule has 0 heterocycles. The SMILES string of the molecule is Oc1ccccc1-c1ccccc1O.[P]. The van der Waals surface area contributed by atoms with Crippen molar-refractivity contribution in [3.8, 4) is 22.6 Å². The van der Waals surface area contributed by atoms with Gasteiger partial charge >= 0.3 is 0 Å². The van der Waals surface area contributed by atoms with E-state index in [1.54, 1.807) is 36.4 Å². The second-order valence-corrected chi connectivity index (χ2v) is 3.03. The lowest BCUT2D eigenvalue weighted by Gasteiger charge is -2.05. The Hall–Kier alpha value is -1.53. The summed E-state index contributed by atoms with van der Waals surface area (Å²) in [5, 5.41) is 19.2. The molecule has 2 aromatic carbocycles. The second-order valence-electron chi connectivity index (χ2n) is 3.03. The highest BCUT2D eigenvalue weighted by molar-refractivity contribution is 6.92. The van der Waals surface area contributed by atoms with Crippen LogP contribution in [0.5, 0.6) is 11.5 Å². The van der Waals surface area contributed by atoms with Gasteiger partial charge in [-0.05, 0) is 12.1 Å². The molecule has 0 aliphatic heterocycles. The summed E-state index contributed by atoms with van der Waals surface area (Å²) in [5.74, 6) is 0.350. The fourth-order valence-electron chi connectivity index (χ4n) is 1.40. The Bertz CT molecular complexity index is 411. The molecule has 0 spiro atoms. The van der Waals surface area contributed by atoms with Gasteiger partial charge in [0, 0.05) is 21.0 Å². The van der Waals surface area contributed by atoms with Gasteiger partial charge in [0.2, 0.25) is 0 Å². The van der Waals surface area contributed by atoms with E-state index in [1.807, 2.05) is 12.1 Å². The van der Waals surface area contributed by atoms with Gasteiger partial charge in [0.25, 0.3) is 0 Å². The summed E-state index contributed by atoms with van der Waals surface area (Å²) in [6.45, 7) is 0. The van der Waals surface area contributed by atoms with Crippen molar-refractivity contribution in [2.75, 3.05) is 0 Å². The van der Waals surface area contributed by atoms with Crippen molar-refractivity contribution in [2.45, 2.75) is 0 Å². The van der Waals surface area contributed by atoms with E-state index in [0.29, 0.717) is 11.1 Å². The van der Waals surface area contributed by atoms with Crippen LogP contribution < -0.4 is 0 Å². The minimum absolute atomic E-state index is 0. The lowest BCUT2D eigenvalue weighted by Crippen LogP contribution is -1.79. The molecule has 2 nitrogen and oxygen atoms in total. The molecule has 0 unspecified atom stereocenters. The third kappa shape index (κ3) is 2.28. The van der Waals surface area contributed by atoms with E-state index in [9.17, 15) is 10.2 Å². The van der Waals surface area contributed by atoms with E-state index in [-0.39, 0.29) is 21.4 Å². The Labute approximate surface area is 91.8 Å². The van der Waals surface area contributed by atoms with Crippen molar-refractivity contribution in [3.63, 3.8) is 0 Å². The van der Waals surface area contributed by atoms with Crippen LogP contribution in [0.25, 0.3) is 11.1 Å². The molecule has 0 atom stereocenters. The van der Waals surface area contributed by atoms with Gasteiger partial charge in [0.15, 0.2) is 0 Å². The molecule has 2 rings (SSSR count). The van der Waals surface area contributed by atoms with E-state index in [0.717, 1.165) is 0 Å². The summed E-state index contributed by atoms with van der Waals surface area (Å²) in [4.78, 5) is 0. The third-order valence-corrected chi connectivity index (χ3v) is 2.10. The highest BCUT2D eigenvalue weighted by Crippen LogP contribution is 2.34. The minimum atomic E-state index is 0. The first-order valence-electron chi connectivity index (χ1n) is 4.35. The summed E-state index contributed by atoms with van der Waals surface area (Å²) in [5.41, 5.74) is 1.29. The molecule has 0 fully saturated rings. The molecule has 3 heteroatoms. The predicted molar refractivity (Wildman–Crippen MR) is 62.1 cm³/mol. The number of phenolic OH excluding ortho intramolecular Hbond substituents is 2. The van der Waals surface area contributed by atoms with E-state index < -0.39 is 0 Å². The normalized spacial score (nSPS) is 9.33. The van der Waals surface area contributed by atoms with Crippen molar-refractivity contribution in [3.05, 3.63) is 48.5 Å². The molecule has 0 saturated heterocycles. The zero-order chi connectivity index (χ0) is 9.97. The maximum atomic E-state index is 9.58. The molecule has 3 radical (unpaired) electrons. The molecule has 0 saturated carbocycles. The molecular weight excluding hydrogens is 207 g/mol. The standard InChI is InChI=1S/C12H10O2.P/c13-11-7-3-1-5-9(11)10-6-2-4-8-12(10)14;/h1-8,13-14H;. The summed E-state index contributed by atoms with van der Waals surface area (Å²) < 4.78 is 0. The highest BCUT2D eigenvalue weighted by atomic mass is 31.0. The zero-order valence-electron chi connectivity index (χ0n) is 7.96. The Morgan fingerprint density at radius 3 is 1.27 bits per heavy atom. The average molecular weight is 217 g/mol. The number of para-hydroxylation sites is 2. The largest absolute Gasteiger partial charge is 0.507 e. The monoisotopic (exact) mass is 217 g/mol. The van der Waals surface area contributed by atoms with Gasteiger partial charge in [-0.25, -0.2) is 0 Å². The zero-order valence-corrected chi connectivity index (χ0v) is 8.85. The Morgan fingerprint density at radius 2 is 0.933 bits per heavy atom. The smallest absolute Gasteiger partial charge is 0.123 e. The summed E-state index contributed by atoms with van der Waals surface area (Å²) >= 11 is 0. The van der Waals surface area contributed by atoms with Crippen LogP contribution in [0, 0.1) is 0 Å². The van der Waals surface area contributed by atoms with Crippen LogP contribution in [0.1, 0.15) is 0 Å². The Balaban J connectivity index is 0.00000112. The van der Waals surface area contributed by atoms with Crippen molar-refractivity contribution in [1.29, 1.82) is 0 Å². The quantitative estimate of drug-likeness (QED) is 0.716. The lowest BCUT2D eigenvalue weighted by atomic mass is 10.0. The number of rotatable bonds is 1. The molecule has 2 aromatic rings. The van der Waals surface area contributed by atoms with Gasteiger partial charge in [-0.3, -0.25) is 0 Å². The first kappa shape index (κ1) is 11.5. The first-order chi connectivity index (χ1) is 6.79. The van der Waals surface area contributed by atoms with Gasteiger partial charge in [-0.15, -0.1) is 0 Å². The number of hydrogen-bond donors (Lipinski definition) is 2. The van der Waals surface area contributed by atoms with Crippen LogP contribution in [0.2, 0.25) is 0 Å². The van der Waals surface area contributed by atoms with Crippen molar-refractivity contribution >= 4 is 9.90 Å². The van der Waals surface area contributed by atoms with Gasteiger partial charge in [0.05, 0.1) is 0 Å². The molecule has 0 bridgehead atoms. The number of phenols is 2. The van der Waals surface area contributed by atoms with Crippen LogP contribution in [0.15, 0.2) is 48.5 Å². The fourth-order valence-corrected chi connectivity index (χ4v) is 1.40. The maximum absolute atomic E-state index is 9.58. The first-order valence-corrected chi connectivity index (χ1v) is 4.35. The van der Waals surface area contributed by atoms with Crippen molar-refractivity contribution < 1.29 is 10.2 Å². The number of hydrogen-bond acceptors (Lipinski definition) is 2. The molecule has 0 amide bonds. The van der Waals surface area contributed by atoms with Crippen LogP contribution in [0.4, 0.5) is 0 Å². The van der Waals surface area contributed by atoms with Crippen molar-refractivity contribution in [1.82, 2.24) is 0 Å². The predicted octanol–water partition coefficient (Wildman–Crippen LogP) is 3.63. The van der Waals surface area contributed by atoms with Crippen LogP contribution in [-0.4, -0.2) is 10.2 Å². The van der Waals surface area contributed by atoms with Crippen molar-refractivity contribution in [2.24, 2.45) is 0 Å². The molecule has 75 valence electrons. The molecular formula is C12H10O2P. The molecule has 0 aliphatic carbocycles. The van der Waals surface area contributed by atoms with Crippen LogP contribution >= 0.6 is 9.90 Å². The third-order valence-electron chi connectivity index (χ3n) is 2.10. The van der Waals surface area contributed by atoms with Crippen LogP contribution in [0.3, 0.4) is 0 Å². The molecule has 2 N–H and O–H groups in total. The summed E-state index contributed by atoms with van der Waals surface area (Å²) in [6.07, 6.45) is 0. The van der Waals surface area contributed by atoms with Gasteiger partial charge in [-0.1, -0.05) is 36.4 Å². The average Bonchev–Trinajstić information content (AvgIpc) is 2.20. The summed E-state index contributed by atoms with van der Waals surface area (Å²) in [6, 6.07) is 13.9. The number of aromatic hydroxyl groups is 2. The van der Waals surface area contributed by atoms with E-state index in [2.05, 4.69) is 0 Å². The fraction of sp³-hybridized carbons (Fsp3) is 0. The molecule has 0 aromatic heterocycles. The lowest BCUT2D eigenvalue weighted by molar-refractivity contribution is 0.469. The van der Waals surface area contributed by atoms with Gasteiger partial charge in [-0.2, -0.15) is 0 Å². The van der Waals surface area contributed by atoms with E-state index >= 15 is 0 Å². The maximum Gasteiger partial charge on any atom is 0.123 e. The van der Waals surface area contributed by atoms with Crippen LogP contribution in [-0.2, 0) is 0 Å². The van der Waals surface area contributed by atoms with Gasteiger partial charge in [0.1, 0.15) is 11.5 Å². The molecule has 15 heavy (non-hydrogen) atoms. The second kappa shape index (κ2) is 4.81. The molecule has 0 aliphatic rings. The van der Waals surface area contributed by atoms with Gasteiger partial charge < -0.3 is 10.2 Å². The van der Waals surface area contributed by atoms with E-state index in [4.69, 9.17) is 0 Å². The number of benzene rings is 2. The highest BCUT2D eigenvalue weighted by Gasteiger charge is 2.06. The minimum Gasteiger partial charge on any atom is -0.507 e. The summed E-state index contributed by atoms with van der Waals surface area (Å²) in [7, 11) is 0.